The van der Waals surface area contributed by atoms with E-state index in [1.807, 2.05) is 13.8 Å². The lowest BCUT2D eigenvalue weighted by molar-refractivity contribution is 0.202. The van der Waals surface area contributed by atoms with Crippen LogP contribution in [0, 0.1) is 13.8 Å². The number of aryl methyl sites for hydroxylation is 2. The summed E-state index contributed by atoms with van der Waals surface area (Å²) >= 11 is 6.31. The van der Waals surface area contributed by atoms with E-state index in [9.17, 15) is 0 Å². The summed E-state index contributed by atoms with van der Waals surface area (Å²) in [7, 11) is 0. The zero-order chi connectivity index (χ0) is 13.6. The molecule has 0 spiro atoms. The van der Waals surface area contributed by atoms with Crippen molar-refractivity contribution < 1.29 is 0 Å². The van der Waals surface area contributed by atoms with Crippen molar-refractivity contribution in [2.24, 2.45) is 0 Å². The van der Waals surface area contributed by atoms with Gasteiger partial charge in [0.25, 0.3) is 0 Å². The third kappa shape index (κ3) is 2.32. The topological polar surface area (TPSA) is 32.3 Å². The van der Waals surface area contributed by atoms with Crippen molar-refractivity contribution in [3.05, 3.63) is 16.5 Å². The molecule has 0 N–H and O–H groups in total. The molecule has 2 saturated heterocycles. The van der Waals surface area contributed by atoms with Crippen LogP contribution in [-0.4, -0.2) is 46.6 Å². The molecule has 0 saturated carbocycles. The number of hydrogen-bond acceptors (Lipinski definition) is 4. The Morgan fingerprint density at radius 3 is 2.68 bits per heavy atom. The van der Waals surface area contributed by atoms with Crippen molar-refractivity contribution in [2.45, 2.75) is 45.7 Å². The summed E-state index contributed by atoms with van der Waals surface area (Å²) in [4.78, 5) is 14.0. The van der Waals surface area contributed by atoms with Crippen LogP contribution >= 0.6 is 11.6 Å². The number of rotatable bonds is 1. The second-order valence-electron chi connectivity index (χ2n) is 5.80. The quantitative estimate of drug-likeness (QED) is 0.791. The molecule has 104 valence electrons. The first-order chi connectivity index (χ1) is 9.06. The van der Waals surface area contributed by atoms with E-state index >= 15 is 0 Å². The van der Waals surface area contributed by atoms with Gasteiger partial charge in [-0.25, -0.2) is 9.97 Å². The molecule has 3 rings (SSSR count). The molecule has 0 aromatic carbocycles. The van der Waals surface area contributed by atoms with E-state index in [1.54, 1.807) is 0 Å². The van der Waals surface area contributed by atoms with Gasteiger partial charge in [-0.1, -0.05) is 11.6 Å². The molecule has 2 aliphatic rings. The van der Waals surface area contributed by atoms with Gasteiger partial charge in [-0.2, -0.15) is 0 Å². The zero-order valence-corrected chi connectivity index (χ0v) is 12.6. The lowest BCUT2D eigenvalue weighted by Gasteiger charge is -2.43. The number of anilines is 1. The Balaban J connectivity index is 1.91. The number of halogens is 1. The third-order valence-electron chi connectivity index (χ3n) is 4.46. The summed E-state index contributed by atoms with van der Waals surface area (Å²) in [5.41, 5.74) is 1.89. The largest absolute Gasteiger partial charge is 0.348 e. The highest BCUT2D eigenvalue weighted by Crippen LogP contribution is 2.31. The second kappa shape index (κ2) is 4.91. The summed E-state index contributed by atoms with van der Waals surface area (Å²) < 4.78 is 0. The molecule has 5 heteroatoms. The fraction of sp³-hybridized carbons (Fsp3) is 0.714. The maximum atomic E-state index is 6.31. The first kappa shape index (κ1) is 13.1. The maximum absolute atomic E-state index is 6.31. The highest BCUT2D eigenvalue weighted by atomic mass is 35.5. The minimum absolute atomic E-state index is 0.447. The van der Waals surface area contributed by atoms with E-state index in [-0.39, 0.29) is 0 Å². The molecule has 3 heterocycles. The predicted molar refractivity (Wildman–Crippen MR) is 77.9 cm³/mol. The molecule has 0 amide bonds. The molecule has 19 heavy (non-hydrogen) atoms. The van der Waals surface area contributed by atoms with Crippen molar-refractivity contribution in [2.75, 3.05) is 24.5 Å². The van der Waals surface area contributed by atoms with E-state index in [0.717, 1.165) is 30.3 Å². The number of fused-ring (bicyclic) bond motifs is 1. The standard InChI is InChI=1S/C14H21ClN4/c1-9-7-18-6-4-5-12(18)8-19(9)14-13(15)16-10(2)11(3)17-14/h9,12H,4-8H2,1-3H3. The molecule has 0 bridgehead atoms. The van der Waals surface area contributed by atoms with Crippen LogP contribution in [0.4, 0.5) is 5.82 Å². The maximum Gasteiger partial charge on any atom is 0.171 e. The highest BCUT2D eigenvalue weighted by molar-refractivity contribution is 6.31. The van der Waals surface area contributed by atoms with E-state index < -0.39 is 0 Å². The van der Waals surface area contributed by atoms with E-state index in [2.05, 4.69) is 26.7 Å². The summed E-state index contributed by atoms with van der Waals surface area (Å²) in [5.74, 6) is 0.865. The average Bonchev–Trinajstić information content (AvgIpc) is 2.80. The smallest absolute Gasteiger partial charge is 0.171 e. The van der Waals surface area contributed by atoms with Crippen LogP contribution in [0.25, 0.3) is 0 Å². The SMILES string of the molecule is Cc1nc(Cl)c(N2CC3CCCN3CC2C)nc1C. The number of aromatic nitrogens is 2. The van der Waals surface area contributed by atoms with Crippen LogP contribution in [0.15, 0.2) is 0 Å². The zero-order valence-electron chi connectivity index (χ0n) is 11.9. The van der Waals surface area contributed by atoms with Crippen molar-refractivity contribution in [3.8, 4) is 0 Å². The van der Waals surface area contributed by atoms with Crippen molar-refractivity contribution in [1.29, 1.82) is 0 Å². The first-order valence-corrected chi connectivity index (χ1v) is 7.45. The summed E-state index contributed by atoms with van der Waals surface area (Å²) in [6.07, 6.45) is 2.61. The molecule has 2 aliphatic heterocycles. The van der Waals surface area contributed by atoms with E-state index in [1.165, 1.54) is 19.4 Å². The summed E-state index contributed by atoms with van der Waals surface area (Å²) in [5, 5.41) is 0.543. The van der Waals surface area contributed by atoms with Gasteiger partial charge in [0.05, 0.1) is 11.4 Å². The van der Waals surface area contributed by atoms with Crippen molar-refractivity contribution in [3.63, 3.8) is 0 Å². The van der Waals surface area contributed by atoms with Gasteiger partial charge in [-0.05, 0) is 40.2 Å². The minimum atomic E-state index is 0.447. The highest BCUT2D eigenvalue weighted by Gasteiger charge is 2.35. The van der Waals surface area contributed by atoms with Gasteiger partial charge in [-0.3, -0.25) is 4.90 Å². The molecule has 2 unspecified atom stereocenters. The van der Waals surface area contributed by atoms with Crippen molar-refractivity contribution in [1.82, 2.24) is 14.9 Å². The van der Waals surface area contributed by atoms with Gasteiger partial charge in [-0.15, -0.1) is 0 Å². The molecule has 1 aromatic heterocycles. The Labute approximate surface area is 119 Å². The van der Waals surface area contributed by atoms with Gasteiger partial charge in [0.15, 0.2) is 11.0 Å². The Morgan fingerprint density at radius 2 is 1.89 bits per heavy atom. The summed E-state index contributed by atoms with van der Waals surface area (Å²) in [6, 6.07) is 1.11. The van der Waals surface area contributed by atoms with Crippen LogP contribution < -0.4 is 4.90 Å². The fourth-order valence-electron chi connectivity index (χ4n) is 3.23. The lowest BCUT2D eigenvalue weighted by Crippen LogP contribution is -2.55. The molecule has 1 aromatic rings. The van der Waals surface area contributed by atoms with Gasteiger partial charge in [0.2, 0.25) is 0 Å². The Morgan fingerprint density at radius 1 is 1.16 bits per heavy atom. The number of nitrogens with zero attached hydrogens (tertiary/aromatic N) is 4. The van der Waals surface area contributed by atoms with Crippen LogP contribution in [0.3, 0.4) is 0 Å². The predicted octanol–water partition coefficient (Wildman–Crippen LogP) is 2.42. The summed E-state index contributed by atoms with van der Waals surface area (Å²) in [6.45, 7) is 9.58. The number of piperazine rings is 1. The lowest BCUT2D eigenvalue weighted by atomic mass is 10.1. The molecule has 2 atom stereocenters. The Hall–Kier alpha value is -0.870. The van der Waals surface area contributed by atoms with Gasteiger partial charge in [0.1, 0.15) is 0 Å². The van der Waals surface area contributed by atoms with Gasteiger partial charge in [0, 0.05) is 25.2 Å². The van der Waals surface area contributed by atoms with Crippen LogP contribution in [-0.2, 0) is 0 Å². The van der Waals surface area contributed by atoms with E-state index in [0.29, 0.717) is 17.2 Å². The number of hydrogen-bond donors (Lipinski definition) is 0. The molecular weight excluding hydrogens is 260 g/mol. The van der Waals surface area contributed by atoms with E-state index in [4.69, 9.17) is 11.6 Å². The van der Waals surface area contributed by atoms with Crippen LogP contribution in [0.5, 0.6) is 0 Å². The molecule has 2 fully saturated rings. The average molecular weight is 281 g/mol. The van der Waals surface area contributed by atoms with Gasteiger partial charge >= 0.3 is 0 Å². The Bertz CT molecular complexity index is 491. The fourth-order valence-corrected chi connectivity index (χ4v) is 3.51. The molecular formula is C14H21ClN4. The van der Waals surface area contributed by atoms with Crippen LogP contribution in [0.2, 0.25) is 5.15 Å². The second-order valence-corrected chi connectivity index (χ2v) is 6.16. The molecule has 4 nitrogen and oxygen atoms in total. The minimum Gasteiger partial charge on any atom is -0.348 e. The molecule has 0 radical (unpaired) electrons. The monoisotopic (exact) mass is 280 g/mol. The van der Waals surface area contributed by atoms with Gasteiger partial charge < -0.3 is 4.90 Å². The molecule has 0 aliphatic carbocycles. The van der Waals surface area contributed by atoms with Crippen LogP contribution in [0.1, 0.15) is 31.2 Å². The Kier molecular flexibility index (Phi) is 3.39. The normalized spacial score (nSPS) is 27.7. The third-order valence-corrected chi connectivity index (χ3v) is 4.71. The first-order valence-electron chi connectivity index (χ1n) is 7.07. The van der Waals surface area contributed by atoms with Crippen molar-refractivity contribution >= 4 is 17.4 Å².